The van der Waals surface area contributed by atoms with Crippen molar-refractivity contribution in [3.8, 4) is 5.75 Å². The number of rotatable bonds is 13. The highest BCUT2D eigenvalue weighted by atomic mass is 32.2. The molecule has 3 rings (SSSR count). The molecule has 3 aromatic rings. The molecule has 2 atom stereocenters. The van der Waals surface area contributed by atoms with E-state index in [0.29, 0.717) is 17.9 Å². The summed E-state index contributed by atoms with van der Waals surface area (Å²) >= 11 is 0. The Kier molecular flexibility index (Phi) is 11.2. The number of hydrogen-bond acceptors (Lipinski definition) is 5. The van der Waals surface area contributed by atoms with Gasteiger partial charge in [-0.3, -0.25) is 13.9 Å². The van der Waals surface area contributed by atoms with Gasteiger partial charge in [-0.2, -0.15) is 0 Å². The quantitative estimate of drug-likeness (QED) is 0.281. The molecule has 0 saturated carbocycles. The van der Waals surface area contributed by atoms with Gasteiger partial charge in [-0.25, -0.2) is 8.42 Å². The Morgan fingerprint density at radius 2 is 1.52 bits per heavy atom. The number of methoxy groups -OCH3 is 1. The van der Waals surface area contributed by atoms with Gasteiger partial charge in [0, 0.05) is 12.6 Å². The van der Waals surface area contributed by atoms with E-state index in [1.54, 1.807) is 55.6 Å². The summed E-state index contributed by atoms with van der Waals surface area (Å²) in [5, 5.41) is 3.00. The molecule has 9 heteroatoms. The molecule has 0 saturated heterocycles. The van der Waals surface area contributed by atoms with E-state index in [1.807, 2.05) is 59.7 Å². The molecule has 0 fully saturated rings. The van der Waals surface area contributed by atoms with Crippen molar-refractivity contribution in [1.29, 1.82) is 0 Å². The number of amides is 2. The molecular formula is C33H43N3O5S. The predicted octanol–water partition coefficient (Wildman–Crippen LogP) is 5.54. The van der Waals surface area contributed by atoms with Crippen molar-refractivity contribution in [3.05, 3.63) is 89.0 Å². The maximum Gasteiger partial charge on any atom is 0.264 e. The van der Waals surface area contributed by atoms with Gasteiger partial charge in [0.1, 0.15) is 18.3 Å². The van der Waals surface area contributed by atoms with Crippen molar-refractivity contribution in [2.75, 3.05) is 18.0 Å². The Balaban J connectivity index is 2.08. The van der Waals surface area contributed by atoms with E-state index in [4.69, 9.17) is 4.74 Å². The van der Waals surface area contributed by atoms with Crippen LogP contribution in [-0.4, -0.2) is 50.9 Å². The molecule has 0 spiro atoms. The fourth-order valence-corrected chi connectivity index (χ4v) is 5.94. The number of carbonyl (C=O) groups excluding carboxylic acids is 2. The number of hydrogen-bond donors (Lipinski definition) is 1. The summed E-state index contributed by atoms with van der Waals surface area (Å²) in [7, 11) is -2.54. The van der Waals surface area contributed by atoms with Crippen molar-refractivity contribution >= 4 is 27.5 Å². The molecule has 42 heavy (non-hydrogen) atoms. The normalized spacial score (nSPS) is 12.7. The summed E-state index contributed by atoms with van der Waals surface area (Å²) in [6.45, 7) is 11.1. The average molecular weight is 594 g/mol. The Bertz CT molecular complexity index is 1470. The van der Waals surface area contributed by atoms with Gasteiger partial charge in [0.05, 0.1) is 17.7 Å². The zero-order valence-electron chi connectivity index (χ0n) is 25.7. The van der Waals surface area contributed by atoms with Gasteiger partial charge < -0.3 is 15.0 Å². The third-order valence-corrected chi connectivity index (χ3v) is 9.35. The molecule has 0 aliphatic heterocycles. The van der Waals surface area contributed by atoms with Gasteiger partial charge in [-0.15, -0.1) is 0 Å². The van der Waals surface area contributed by atoms with E-state index in [2.05, 4.69) is 5.32 Å². The molecule has 226 valence electrons. The first-order chi connectivity index (χ1) is 19.9. The maximum absolute atomic E-state index is 14.2. The van der Waals surface area contributed by atoms with Crippen LogP contribution in [0.15, 0.2) is 71.6 Å². The van der Waals surface area contributed by atoms with E-state index < -0.39 is 28.5 Å². The SMILES string of the molecule is CCC(C)NC(=O)C(CC)N(Cc1ccc(OC)cc1)C(=O)CN(c1ccc(C)c(C)c1)S(=O)(=O)c1ccc(C)cc1. The highest BCUT2D eigenvalue weighted by Crippen LogP contribution is 2.27. The number of nitrogens with zero attached hydrogens (tertiary/aromatic N) is 2. The molecule has 8 nitrogen and oxygen atoms in total. The second kappa shape index (κ2) is 14.4. The Hall–Kier alpha value is -3.85. The minimum absolute atomic E-state index is 0.0709. The lowest BCUT2D eigenvalue weighted by Crippen LogP contribution is -2.53. The molecule has 1 N–H and O–H groups in total. The Labute approximate surface area is 250 Å². The van der Waals surface area contributed by atoms with Gasteiger partial charge in [0.2, 0.25) is 11.8 Å². The van der Waals surface area contributed by atoms with Crippen LogP contribution in [0.1, 0.15) is 55.9 Å². The molecule has 0 heterocycles. The van der Waals surface area contributed by atoms with Crippen LogP contribution in [0.4, 0.5) is 5.69 Å². The minimum Gasteiger partial charge on any atom is -0.497 e. The number of sulfonamides is 1. The summed E-state index contributed by atoms with van der Waals surface area (Å²) < 4.78 is 34.5. The summed E-state index contributed by atoms with van der Waals surface area (Å²) in [6, 6.07) is 18.3. The highest BCUT2D eigenvalue weighted by Gasteiger charge is 2.34. The first kappa shape index (κ1) is 32.7. The molecule has 0 aliphatic rings. The van der Waals surface area contributed by atoms with Crippen LogP contribution in [0.25, 0.3) is 0 Å². The topological polar surface area (TPSA) is 96.0 Å². The lowest BCUT2D eigenvalue weighted by molar-refractivity contribution is -0.140. The van der Waals surface area contributed by atoms with E-state index in [-0.39, 0.29) is 23.4 Å². The molecular weight excluding hydrogens is 550 g/mol. The van der Waals surface area contributed by atoms with Gasteiger partial charge in [0.15, 0.2) is 0 Å². The second-order valence-corrected chi connectivity index (χ2v) is 12.6. The van der Waals surface area contributed by atoms with Gasteiger partial charge >= 0.3 is 0 Å². The predicted molar refractivity (Wildman–Crippen MR) is 167 cm³/mol. The van der Waals surface area contributed by atoms with Crippen LogP contribution >= 0.6 is 0 Å². The van der Waals surface area contributed by atoms with Crippen molar-refractivity contribution in [1.82, 2.24) is 10.2 Å². The highest BCUT2D eigenvalue weighted by molar-refractivity contribution is 7.92. The maximum atomic E-state index is 14.2. The third kappa shape index (κ3) is 7.91. The number of nitrogens with one attached hydrogen (secondary N) is 1. The van der Waals surface area contributed by atoms with Crippen LogP contribution in [0.2, 0.25) is 0 Å². The zero-order chi connectivity index (χ0) is 31.0. The van der Waals surface area contributed by atoms with Crippen LogP contribution in [0.5, 0.6) is 5.75 Å². The van der Waals surface area contributed by atoms with Gasteiger partial charge in [-0.1, -0.05) is 49.7 Å². The molecule has 0 aromatic heterocycles. The zero-order valence-corrected chi connectivity index (χ0v) is 26.5. The summed E-state index contributed by atoms with van der Waals surface area (Å²) in [5.74, 6) is -0.0815. The smallest absolute Gasteiger partial charge is 0.264 e. The Morgan fingerprint density at radius 1 is 0.881 bits per heavy atom. The second-order valence-electron chi connectivity index (χ2n) is 10.7. The lowest BCUT2D eigenvalue weighted by Gasteiger charge is -2.34. The van der Waals surface area contributed by atoms with Crippen LogP contribution in [-0.2, 0) is 26.2 Å². The van der Waals surface area contributed by atoms with E-state index in [1.165, 1.54) is 4.90 Å². The van der Waals surface area contributed by atoms with E-state index in [9.17, 15) is 18.0 Å². The van der Waals surface area contributed by atoms with E-state index >= 15 is 0 Å². The summed E-state index contributed by atoms with van der Waals surface area (Å²) in [6.07, 6.45) is 1.10. The van der Waals surface area contributed by atoms with E-state index in [0.717, 1.165) is 33.0 Å². The van der Waals surface area contributed by atoms with Crippen molar-refractivity contribution in [3.63, 3.8) is 0 Å². The number of anilines is 1. The standard InChI is InChI=1S/C33H43N3O5S/c1-8-26(6)34-33(38)31(9-2)35(21-27-13-16-29(41-7)17-14-27)32(37)22-36(28-15-12-24(4)25(5)20-28)42(39,40)30-18-10-23(3)11-19-30/h10-20,26,31H,8-9,21-22H2,1-7H3,(H,34,38). The monoisotopic (exact) mass is 593 g/mol. The molecule has 2 amide bonds. The molecule has 0 aliphatic carbocycles. The number of aryl methyl sites for hydroxylation is 3. The first-order valence-corrected chi connectivity index (χ1v) is 15.7. The van der Waals surface area contributed by atoms with Crippen LogP contribution < -0.4 is 14.4 Å². The first-order valence-electron chi connectivity index (χ1n) is 14.3. The van der Waals surface area contributed by atoms with Crippen molar-refractivity contribution < 1.29 is 22.7 Å². The van der Waals surface area contributed by atoms with Crippen LogP contribution in [0.3, 0.4) is 0 Å². The molecule has 2 unspecified atom stereocenters. The molecule has 3 aromatic carbocycles. The van der Waals surface area contributed by atoms with Crippen molar-refractivity contribution in [2.24, 2.45) is 0 Å². The number of benzene rings is 3. The minimum atomic E-state index is -4.12. The fourth-order valence-electron chi connectivity index (χ4n) is 4.54. The molecule has 0 bridgehead atoms. The lowest BCUT2D eigenvalue weighted by atomic mass is 10.1. The van der Waals surface area contributed by atoms with Crippen LogP contribution in [0, 0.1) is 20.8 Å². The summed E-state index contributed by atoms with van der Waals surface area (Å²) in [4.78, 5) is 29.2. The number of carbonyl (C=O) groups is 2. The van der Waals surface area contributed by atoms with Gasteiger partial charge in [0.25, 0.3) is 10.0 Å². The van der Waals surface area contributed by atoms with Crippen molar-refractivity contribution in [2.45, 2.75) is 77.9 Å². The average Bonchev–Trinajstić information content (AvgIpc) is 2.97. The summed E-state index contributed by atoms with van der Waals surface area (Å²) in [5.41, 5.74) is 4.00. The van der Waals surface area contributed by atoms with Gasteiger partial charge in [-0.05, 0) is 93.6 Å². The largest absolute Gasteiger partial charge is 0.497 e. The molecule has 0 radical (unpaired) electrons. The Morgan fingerprint density at radius 3 is 2.07 bits per heavy atom. The fraction of sp³-hybridized carbons (Fsp3) is 0.394. The third-order valence-electron chi connectivity index (χ3n) is 7.57. The number of ether oxygens (including phenoxy) is 1.